The Hall–Kier alpha value is -1.66. The molecule has 0 spiro atoms. The summed E-state index contributed by atoms with van der Waals surface area (Å²) in [5.74, 6) is -1.49. The van der Waals surface area contributed by atoms with E-state index in [9.17, 15) is 27.6 Å². The third-order valence-electron chi connectivity index (χ3n) is 3.14. The molecule has 168 valence electrons. The van der Waals surface area contributed by atoms with Crippen molar-refractivity contribution < 1.29 is 37.0 Å². The van der Waals surface area contributed by atoms with Crippen LogP contribution >= 0.6 is 39.3 Å². The number of amides is 2. The van der Waals surface area contributed by atoms with Gasteiger partial charge in [-0.2, -0.15) is 0 Å². The summed E-state index contributed by atoms with van der Waals surface area (Å²) in [4.78, 5) is 35.7. The van der Waals surface area contributed by atoms with Crippen LogP contribution < -0.4 is 10.2 Å². The normalized spacial score (nSPS) is 12.7. The Balaban J connectivity index is 3.00. The van der Waals surface area contributed by atoms with E-state index in [1.54, 1.807) is 20.8 Å². The highest BCUT2D eigenvalue weighted by Crippen LogP contribution is 2.37. The van der Waals surface area contributed by atoms with Crippen molar-refractivity contribution in [2.45, 2.75) is 38.7 Å². The van der Waals surface area contributed by atoms with E-state index in [0.29, 0.717) is 4.47 Å². The average molecular weight is 536 g/mol. The van der Waals surface area contributed by atoms with Gasteiger partial charge in [-0.3, -0.25) is 4.79 Å². The van der Waals surface area contributed by atoms with Crippen molar-refractivity contribution in [2.75, 3.05) is 17.8 Å². The number of carbonyl (C=O) groups excluding carboxylic acids is 3. The minimum atomic E-state index is -5.08. The molecule has 0 fully saturated rings. The summed E-state index contributed by atoms with van der Waals surface area (Å²) in [6, 6.07) is 2.10. The van der Waals surface area contributed by atoms with E-state index in [4.69, 9.17) is 16.3 Å². The van der Waals surface area contributed by atoms with Crippen LogP contribution in [0.5, 0.6) is 0 Å². The van der Waals surface area contributed by atoms with Crippen molar-refractivity contribution in [2.24, 2.45) is 0 Å². The number of benzene rings is 1. The number of nitrogens with zero attached hydrogens (tertiary/aromatic N) is 1. The summed E-state index contributed by atoms with van der Waals surface area (Å²) >= 11 is 9.09. The van der Waals surface area contributed by atoms with Crippen LogP contribution in [0.2, 0.25) is 5.02 Å². The fourth-order valence-corrected chi connectivity index (χ4v) is 3.60. The molecule has 7 nitrogen and oxygen atoms in total. The molecular weight excluding hydrogens is 517 g/mol. The van der Waals surface area contributed by atoms with E-state index in [-0.39, 0.29) is 16.8 Å². The van der Waals surface area contributed by atoms with E-state index in [0.717, 1.165) is 13.2 Å². The minimum Gasteiger partial charge on any atom is -0.467 e. The summed E-state index contributed by atoms with van der Waals surface area (Å²) in [5.41, 5.74) is -1.46. The number of methoxy groups -OCH3 is 1. The summed E-state index contributed by atoms with van der Waals surface area (Å²) in [6.07, 6.45) is -6.07. The van der Waals surface area contributed by atoms with Gasteiger partial charge in [-0.1, -0.05) is 39.3 Å². The number of carbonyl (C=O) groups is 3. The van der Waals surface area contributed by atoms with Gasteiger partial charge in [-0.25, -0.2) is 14.5 Å². The van der Waals surface area contributed by atoms with Crippen molar-refractivity contribution >= 4 is 62.3 Å². The minimum absolute atomic E-state index is 0.156. The lowest BCUT2D eigenvalue weighted by Crippen LogP contribution is -2.47. The predicted octanol–water partition coefficient (Wildman–Crippen LogP) is 5.35. The third kappa shape index (κ3) is 8.23. The number of rotatable bonds is 5. The Morgan fingerprint density at radius 1 is 1.27 bits per heavy atom. The maximum absolute atomic E-state index is 13.5. The molecule has 0 radical (unpaired) electrons. The number of anilines is 1. The maximum Gasteiger partial charge on any atom is 0.492 e. The highest BCUT2D eigenvalue weighted by Gasteiger charge is 2.44. The van der Waals surface area contributed by atoms with E-state index >= 15 is 0 Å². The molecule has 0 aliphatic heterocycles. The first-order valence-corrected chi connectivity index (χ1v) is 10.4. The molecule has 13 heteroatoms. The topological polar surface area (TPSA) is 84.9 Å². The number of alkyl carbamates (subject to hydrolysis) is 1. The zero-order valence-electron chi connectivity index (χ0n) is 16.3. The third-order valence-corrected chi connectivity index (χ3v) is 4.86. The number of hydrogen-bond acceptors (Lipinski definition) is 6. The van der Waals surface area contributed by atoms with Crippen LogP contribution in [-0.4, -0.2) is 48.1 Å². The van der Waals surface area contributed by atoms with Crippen LogP contribution in [0.25, 0.3) is 0 Å². The molecule has 0 saturated heterocycles. The van der Waals surface area contributed by atoms with Crippen LogP contribution in [0.1, 0.15) is 20.8 Å². The Labute approximate surface area is 188 Å². The lowest BCUT2D eigenvalue weighted by Gasteiger charge is -2.26. The number of thioether (sulfide) groups is 1. The van der Waals surface area contributed by atoms with Crippen LogP contribution in [0.4, 0.5) is 28.4 Å². The lowest BCUT2D eigenvalue weighted by atomic mass is 10.2. The molecule has 1 atom stereocenters. The first kappa shape index (κ1) is 26.4. The van der Waals surface area contributed by atoms with Crippen LogP contribution in [0, 0.1) is 0 Å². The number of esters is 1. The van der Waals surface area contributed by atoms with E-state index in [2.05, 4.69) is 26.0 Å². The van der Waals surface area contributed by atoms with Gasteiger partial charge in [0, 0.05) is 10.2 Å². The zero-order chi connectivity index (χ0) is 23.3. The van der Waals surface area contributed by atoms with Gasteiger partial charge in [0.2, 0.25) is 0 Å². The molecular formula is C17H19BrClF3N2O5S. The van der Waals surface area contributed by atoms with Crippen molar-refractivity contribution in [3.63, 3.8) is 0 Å². The molecule has 0 bridgehead atoms. The smallest absolute Gasteiger partial charge is 0.467 e. The number of halogens is 5. The zero-order valence-corrected chi connectivity index (χ0v) is 19.5. The van der Waals surface area contributed by atoms with Gasteiger partial charge in [0.1, 0.15) is 11.6 Å². The molecule has 0 unspecified atom stereocenters. The molecule has 0 aliphatic rings. The molecule has 1 N–H and O–H groups in total. The molecule has 30 heavy (non-hydrogen) atoms. The summed E-state index contributed by atoms with van der Waals surface area (Å²) in [7, 11) is 1.03. The summed E-state index contributed by atoms with van der Waals surface area (Å²) in [5, 5.41) is 0.410. The fourth-order valence-electron chi connectivity index (χ4n) is 1.98. The van der Waals surface area contributed by atoms with Gasteiger partial charge in [-0.05, 0) is 39.0 Å². The van der Waals surface area contributed by atoms with Crippen LogP contribution in [-0.2, 0) is 14.3 Å². The molecule has 0 aliphatic carbocycles. The number of nitrogens with one attached hydrogen (secondary N) is 1. The Morgan fingerprint density at radius 2 is 1.87 bits per heavy atom. The van der Waals surface area contributed by atoms with Gasteiger partial charge < -0.3 is 14.8 Å². The second-order valence-electron chi connectivity index (χ2n) is 6.70. The summed E-state index contributed by atoms with van der Waals surface area (Å²) < 4.78 is 50.5. The van der Waals surface area contributed by atoms with E-state index < -0.39 is 51.6 Å². The fraction of sp³-hybridized carbons (Fsp3) is 0.471. The molecule has 0 saturated carbocycles. The van der Waals surface area contributed by atoms with Crippen LogP contribution in [0.15, 0.2) is 22.7 Å². The van der Waals surface area contributed by atoms with Gasteiger partial charge in [0.05, 0.1) is 17.8 Å². The lowest BCUT2D eigenvalue weighted by molar-refractivity contribution is -0.142. The average Bonchev–Trinajstić information content (AvgIpc) is 2.57. The second-order valence-corrected chi connectivity index (χ2v) is 8.99. The molecule has 1 aromatic rings. The highest BCUT2D eigenvalue weighted by molar-refractivity contribution is 9.10. The van der Waals surface area contributed by atoms with Crippen molar-refractivity contribution in [3.05, 3.63) is 27.7 Å². The van der Waals surface area contributed by atoms with Gasteiger partial charge in [0.15, 0.2) is 0 Å². The van der Waals surface area contributed by atoms with E-state index in [1.807, 2.05) is 0 Å². The van der Waals surface area contributed by atoms with Gasteiger partial charge in [0.25, 0.3) is 5.24 Å². The molecule has 2 amide bonds. The Morgan fingerprint density at radius 3 is 2.33 bits per heavy atom. The number of hydrogen-bond donors (Lipinski definition) is 1. The number of alkyl halides is 3. The maximum atomic E-state index is 13.5. The SMILES string of the molecule is COC(=O)[C@H](CSC(=O)N(c1ccc(Br)cc1Cl)C(F)(F)F)NC(=O)OC(C)(C)C. The monoisotopic (exact) mass is 534 g/mol. The van der Waals surface area contributed by atoms with Crippen molar-refractivity contribution in [1.82, 2.24) is 5.32 Å². The summed E-state index contributed by atoms with van der Waals surface area (Å²) in [6.45, 7) is 4.75. The predicted molar refractivity (Wildman–Crippen MR) is 111 cm³/mol. The Kier molecular flexibility index (Phi) is 9.30. The first-order chi connectivity index (χ1) is 13.7. The van der Waals surface area contributed by atoms with Gasteiger partial charge >= 0.3 is 18.4 Å². The second kappa shape index (κ2) is 10.6. The first-order valence-electron chi connectivity index (χ1n) is 8.22. The Bertz CT molecular complexity index is 805. The molecule has 1 aromatic carbocycles. The van der Waals surface area contributed by atoms with Gasteiger partial charge in [-0.15, -0.1) is 13.2 Å². The van der Waals surface area contributed by atoms with Crippen LogP contribution in [0.3, 0.4) is 0 Å². The van der Waals surface area contributed by atoms with E-state index in [1.165, 1.54) is 12.1 Å². The quantitative estimate of drug-likeness (QED) is 0.404. The standard InChI is InChI=1S/C17H19BrClF3N2O5S/c1-16(2,3)29-14(26)23-11(13(25)28-4)8-30-15(27)24(17(20,21)22)12-6-5-9(18)7-10(12)19/h5-7,11H,8H2,1-4H3,(H,23,26)/t11-/m0/s1. The van der Waals surface area contributed by atoms with Crippen molar-refractivity contribution in [3.8, 4) is 0 Å². The molecule has 0 heterocycles. The van der Waals surface area contributed by atoms with Crippen molar-refractivity contribution in [1.29, 1.82) is 0 Å². The molecule has 0 aromatic heterocycles. The highest BCUT2D eigenvalue weighted by atomic mass is 79.9. The number of ether oxygens (including phenoxy) is 2. The largest absolute Gasteiger partial charge is 0.492 e. The molecule has 1 rings (SSSR count).